The van der Waals surface area contributed by atoms with Crippen LogP contribution in [0, 0.1) is 6.92 Å². The van der Waals surface area contributed by atoms with Gasteiger partial charge in [-0.3, -0.25) is 9.10 Å². The van der Waals surface area contributed by atoms with E-state index < -0.39 is 10.0 Å². The molecule has 0 aliphatic rings. The van der Waals surface area contributed by atoms with Crippen LogP contribution in [0.4, 0.5) is 5.69 Å². The van der Waals surface area contributed by atoms with Crippen molar-refractivity contribution in [3.63, 3.8) is 0 Å². The van der Waals surface area contributed by atoms with Gasteiger partial charge in [-0.15, -0.1) is 0 Å². The van der Waals surface area contributed by atoms with Crippen molar-refractivity contribution in [3.8, 4) is 0 Å². The highest BCUT2D eigenvalue weighted by Gasteiger charge is 2.20. The van der Waals surface area contributed by atoms with Crippen molar-refractivity contribution in [3.05, 3.63) is 65.2 Å². The Balaban J connectivity index is 1.86. The number of benzene rings is 2. The fourth-order valence-corrected chi connectivity index (χ4v) is 3.81. The molecule has 0 spiro atoms. The average molecular weight is 403 g/mol. The molecule has 0 heterocycles. The summed E-state index contributed by atoms with van der Waals surface area (Å²) in [6.45, 7) is 6.52. The molecule has 2 rings (SSSR count). The minimum atomic E-state index is -3.54. The molecule has 0 aliphatic heterocycles. The normalized spacial score (nSPS) is 11.5. The maximum absolute atomic E-state index is 12.3. The van der Waals surface area contributed by atoms with Gasteiger partial charge in [0, 0.05) is 6.54 Å². The van der Waals surface area contributed by atoms with Crippen LogP contribution in [-0.4, -0.2) is 33.7 Å². The number of anilines is 1. The molecule has 0 unspecified atom stereocenters. The quantitative estimate of drug-likeness (QED) is 0.651. The number of hydrogen-bond donors (Lipinski definition) is 1. The average Bonchev–Trinajstić information content (AvgIpc) is 2.62. The van der Waals surface area contributed by atoms with Crippen molar-refractivity contribution in [2.24, 2.45) is 0 Å². The van der Waals surface area contributed by atoms with E-state index in [0.717, 1.165) is 29.0 Å². The van der Waals surface area contributed by atoms with Crippen LogP contribution < -0.4 is 9.62 Å². The molecule has 6 heteroatoms. The Morgan fingerprint density at radius 2 is 1.79 bits per heavy atom. The monoisotopic (exact) mass is 402 g/mol. The molecule has 0 fully saturated rings. The van der Waals surface area contributed by atoms with Crippen LogP contribution in [-0.2, 0) is 21.2 Å². The summed E-state index contributed by atoms with van der Waals surface area (Å²) in [5.41, 5.74) is 3.99. The lowest BCUT2D eigenvalue weighted by atomic mass is 10.0. The van der Waals surface area contributed by atoms with Gasteiger partial charge in [-0.2, -0.15) is 0 Å². The third-order valence-electron chi connectivity index (χ3n) is 4.59. The van der Waals surface area contributed by atoms with Gasteiger partial charge >= 0.3 is 0 Å². The molecule has 0 aromatic heterocycles. The van der Waals surface area contributed by atoms with E-state index in [1.807, 2.05) is 13.0 Å². The minimum absolute atomic E-state index is 0.217. The van der Waals surface area contributed by atoms with E-state index in [9.17, 15) is 13.2 Å². The van der Waals surface area contributed by atoms with Gasteiger partial charge in [0.1, 0.15) is 6.54 Å². The Hall–Kier alpha value is -2.34. The molecule has 0 radical (unpaired) electrons. The van der Waals surface area contributed by atoms with E-state index in [2.05, 4.69) is 43.4 Å². The first-order valence-corrected chi connectivity index (χ1v) is 11.4. The van der Waals surface area contributed by atoms with E-state index >= 15 is 0 Å². The zero-order valence-electron chi connectivity index (χ0n) is 17.1. The van der Waals surface area contributed by atoms with Gasteiger partial charge in [-0.25, -0.2) is 8.42 Å². The number of hydrogen-bond acceptors (Lipinski definition) is 3. The Bertz CT molecular complexity index is 890. The standard InChI is InChI=1S/C22H30N2O3S/c1-17(2)20-12-10-19(11-13-20)8-6-14-23-22(25)16-24(28(4,26)27)21-9-5-7-18(3)15-21/h5,7,9-13,15,17H,6,8,14,16H2,1-4H3,(H,23,25). The zero-order chi connectivity index (χ0) is 20.7. The lowest BCUT2D eigenvalue weighted by Crippen LogP contribution is -2.40. The highest BCUT2D eigenvalue weighted by Crippen LogP contribution is 2.18. The summed E-state index contributed by atoms with van der Waals surface area (Å²) in [5.74, 6) is 0.210. The Labute approximate surface area is 168 Å². The van der Waals surface area contributed by atoms with Gasteiger partial charge in [-0.1, -0.05) is 50.2 Å². The number of sulfonamides is 1. The summed E-state index contributed by atoms with van der Waals surface area (Å²) in [5, 5.41) is 2.82. The first-order valence-electron chi connectivity index (χ1n) is 9.56. The number of carbonyl (C=O) groups is 1. The molecule has 0 saturated carbocycles. The van der Waals surface area contributed by atoms with Gasteiger partial charge < -0.3 is 5.32 Å². The molecule has 1 amide bonds. The van der Waals surface area contributed by atoms with E-state index in [4.69, 9.17) is 0 Å². The number of rotatable bonds is 9. The molecule has 152 valence electrons. The third kappa shape index (κ3) is 6.68. The highest BCUT2D eigenvalue weighted by molar-refractivity contribution is 7.92. The molecule has 2 aromatic rings. The highest BCUT2D eigenvalue weighted by atomic mass is 32.2. The Morgan fingerprint density at radius 3 is 2.36 bits per heavy atom. The molecule has 1 N–H and O–H groups in total. The van der Waals surface area contributed by atoms with E-state index in [1.54, 1.807) is 18.2 Å². The summed E-state index contributed by atoms with van der Waals surface area (Å²) >= 11 is 0. The number of nitrogens with zero attached hydrogens (tertiary/aromatic N) is 1. The van der Waals surface area contributed by atoms with Gasteiger partial charge in [0.05, 0.1) is 11.9 Å². The van der Waals surface area contributed by atoms with Crippen LogP contribution in [0.15, 0.2) is 48.5 Å². The van der Waals surface area contributed by atoms with Crippen molar-refractivity contribution >= 4 is 21.6 Å². The Kier molecular flexibility index (Phi) is 7.63. The smallest absolute Gasteiger partial charge is 0.240 e. The largest absolute Gasteiger partial charge is 0.355 e. The van der Waals surface area contributed by atoms with Gasteiger partial charge in [-0.05, 0) is 54.5 Å². The van der Waals surface area contributed by atoms with Crippen molar-refractivity contribution in [1.29, 1.82) is 0 Å². The van der Waals surface area contributed by atoms with Crippen LogP contribution in [0.1, 0.15) is 42.9 Å². The van der Waals surface area contributed by atoms with E-state index in [1.165, 1.54) is 11.1 Å². The van der Waals surface area contributed by atoms with E-state index in [0.29, 0.717) is 18.2 Å². The fourth-order valence-electron chi connectivity index (χ4n) is 2.96. The molecule has 2 aromatic carbocycles. The minimum Gasteiger partial charge on any atom is -0.355 e. The molecule has 0 bridgehead atoms. The summed E-state index contributed by atoms with van der Waals surface area (Å²) < 4.78 is 25.4. The molecular formula is C22H30N2O3S. The zero-order valence-corrected chi connectivity index (χ0v) is 17.9. The first-order chi connectivity index (χ1) is 13.2. The number of amides is 1. The van der Waals surface area contributed by atoms with E-state index in [-0.39, 0.29) is 12.5 Å². The second kappa shape index (κ2) is 9.73. The second-order valence-corrected chi connectivity index (χ2v) is 9.37. The van der Waals surface area contributed by atoms with Crippen LogP contribution in [0.5, 0.6) is 0 Å². The maximum atomic E-state index is 12.3. The predicted molar refractivity (Wildman–Crippen MR) is 115 cm³/mol. The molecule has 0 atom stereocenters. The Morgan fingerprint density at radius 1 is 1.11 bits per heavy atom. The van der Waals surface area contributed by atoms with Gasteiger partial charge in [0.15, 0.2) is 0 Å². The second-order valence-electron chi connectivity index (χ2n) is 7.46. The summed E-state index contributed by atoms with van der Waals surface area (Å²) in [4.78, 5) is 12.3. The molecule has 0 saturated heterocycles. The van der Waals surface area contributed by atoms with Crippen LogP contribution >= 0.6 is 0 Å². The third-order valence-corrected chi connectivity index (χ3v) is 5.73. The van der Waals surface area contributed by atoms with Crippen LogP contribution in [0.25, 0.3) is 0 Å². The number of aryl methyl sites for hydroxylation is 2. The van der Waals surface area contributed by atoms with Crippen molar-refractivity contribution in [1.82, 2.24) is 5.32 Å². The maximum Gasteiger partial charge on any atom is 0.240 e. The summed E-state index contributed by atoms with van der Waals surface area (Å²) in [6, 6.07) is 15.7. The van der Waals surface area contributed by atoms with Gasteiger partial charge in [0.2, 0.25) is 15.9 Å². The van der Waals surface area contributed by atoms with Gasteiger partial charge in [0.25, 0.3) is 0 Å². The predicted octanol–water partition coefficient (Wildman–Crippen LogP) is 3.63. The summed E-state index contributed by atoms with van der Waals surface area (Å²) in [7, 11) is -3.54. The number of nitrogens with one attached hydrogen (secondary N) is 1. The SMILES string of the molecule is Cc1cccc(N(CC(=O)NCCCc2ccc(C(C)C)cc2)S(C)(=O)=O)c1. The van der Waals surface area contributed by atoms with Crippen molar-refractivity contribution < 1.29 is 13.2 Å². The van der Waals surface area contributed by atoms with Crippen LogP contribution in [0.2, 0.25) is 0 Å². The molecule has 28 heavy (non-hydrogen) atoms. The van der Waals surface area contributed by atoms with Crippen molar-refractivity contribution in [2.75, 3.05) is 23.7 Å². The molecule has 5 nitrogen and oxygen atoms in total. The van der Waals surface area contributed by atoms with Crippen LogP contribution in [0.3, 0.4) is 0 Å². The van der Waals surface area contributed by atoms with Crippen molar-refractivity contribution in [2.45, 2.75) is 39.5 Å². The fraction of sp³-hybridized carbons (Fsp3) is 0.409. The molecule has 0 aliphatic carbocycles. The topological polar surface area (TPSA) is 66.5 Å². The number of carbonyl (C=O) groups excluding carboxylic acids is 1. The summed E-state index contributed by atoms with van der Waals surface area (Å²) in [6.07, 6.45) is 2.78. The first kappa shape index (κ1) is 22.0. The lowest BCUT2D eigenvalue weighted by molar-refractivity contribution is -0.119. The lowest BCUT2D eigenvalue weighted by Gasteiger charge is -2.22. The molecular weight excluding hydrogens is 372 g/mol.